The molecule has 0 aliphatic rings. The average Bonchev–Trinajstić information content (AvgIpc) is 2.93. The lowest BCUT2D eigenvalue weighted by atomic mass is 10.2. The van der Waals surface area contributed by atoms with Crippen molar-refractivity contribution < 1.29 is 14.3 Å². The van der Waals surface area contributed by atoms with Crippen molar-refractivity contribution in [2.24, 2.45) is 0 Å². The van der Waals surface area contributed by atoms with E-state index in [1.54, 1.807) is 47.7 Å². The lowest BCUT2D eigenvalue weighted by molar-refractivity contribution is -0.114. The summed E-state index contributed by atoms with van der Waals surface area (Å²) in [6, 6.07) is 4.81. The maximum atomic E-state index is 12.3. The molecule has 0 saturated heterocycles. The Morgan fingerprint density at radius 3 is 2.67 bits per heavy atom. The molecule has 1 aromatic heterocycles. The van der Waals surface area contributed by atoms with E-state index >= 15 is 0 Å². The summed E-state index contributed by atoms with van der Waals surface area (Å²) in [4.78, 5) is 30.2. The first-order chi connectivity index (χ1) is 11.4. The Balaban J connectivity index is 2.03. The molecule has 2 rings (SSSR count). The van der Waals surface area contributed by atoms with Crippen molar-refractivity contribution in [3.63, 3.8) is 0 Å². The number of anilines is 2. The monoisotopic (exact) mass is 348 g/mol. The summed E-state index contributed by atoms with van der Waals surface area (Å²) in [6.45, 7) is 3.83. The molecule has 0 bridgehead atoms. The Morgan fingerprint density at radius 1 is 1.33 bits per heavy atom. The highest BCUT2D eigenvalue weighted by Crippen LogP contribution is 2.28. The van der Waals surface area contributed by atoms with Crippen LogP contribution in [0.25, 0.3) is 0 Å². The molecule has 0 aliphatic heterocycles. The number of aromatic nitrogens is 1. The van der Waals surface area contributed by atoms with Gasteiger partial charge in [0.15, 0.2) is 0 Å². The van der Waals surface area contributed by atoms with Crippen LogP contribution in [0.5, 0.6) is 5.75 Å². The third kappa shape index (κ3) is 4.69. The van der Waals surface area contributed by atoms with Gasteiger partial charge in [-0.25, -0.2) is 9.78 Å². The molecule has 24 heavy (non-hydrogen) atoms. The molecule has 8 heteroatoms. The van der Waals surface area contributed by atoms with E-state index in [1.807, 2.05) is 6.92 Å². The number of urea groups is 1. The van der Waals surface area contributed by atoms with Crippen LogP contribution in [-0.2, 0) is 11.3 Å². The molecule has 0 fully saturated rings. The molecule has 0 atom stereocenters. The van der Waals surface area contributed by atoms with Crippen molar-refractivity contribution in [1.82, 2.24) is 9.88 Å². The van der Waals surface area contributed by atoms with Crippen LogP contribution in [0.3, 0.4) is 0 Å². The number of hydrogen-bond acceptors (Lipinski definition) is 5. The number of methoxy groups -OCH3 is 1. The summed E-state index contributed by atoms with van der Waals surface area (Å²) in [7, 11) is 3.22. The number of nitrogens with one attached hydrogen (secondary N) is 2. The van der Waals surface area contributed by atoms with Gasteiger partial charge in [0.25, 0.3) is 0 Å². The number of carbonyl (C=O) groups is 2. The van der Waals surface area contributed by atoms with Gasteiger partial charge < -0.3 is 20.3 Å². The average molecular weight is 348 g/mol. The summed E-state index contributed by atoms with van der Waals surface area (Å²) in [6.07, 6.45) is 1.77. The molecule has 0 unspecified atom stereocenters. The van der Waals surface area contributed by atoms with Crippen LogP contribution < -0.4 is 15.4 Å². The van der Waals surface area contributed by atoms with Crippen LogP contribution >= 0.6 is 11.3 Å². The minimum atomic E-state index is -0.240. The van der Waals surface area contributed by atoms with Gasteiger partial charge in [-0.3, -0.25) is 4.79 Å². The quantitative estimate of drug-likeness (QED) is 0.870. The normalized spacial score (nSPS) is 10.2. The predicted octanol–water partition coefficient (Wildman–Crippen LogP) is 3.08. The molecule has 0 radical (unpaired) electrons. The zero-order valence-corrected chi connectivity index (χ0v) is 14.9. The summed E-state index contributed by atoms with van der Waals surface area (Å²) in [5.41, 5.74) is 1.13. The second kappa shape index (κ2) is 7.78. The fourth-order valence-corrected chi connectivity index (χ4v) is 2.91. The van der Waals surface area contributed by atoms with E-state index in [0.29, 0.717) is 23.7 Å². The van der Waals surface area contributed by atoms with Crippen LogP contribution in [0.1, 0.15) is 16.8 Å². The van der Waals surface area contributed by atoms with E-state index < -0.39 is 0 Å². The van der Waals surface area contributed by atoms with E-state index in [1.165, 1.54) is 14.0 Å². The van der Waals surface area contributed by atoms with Gasteiger partial charge in [-0.05, 0) is 19.1 Å². The highest BCUT2D eigenvalue weighted by atomic mass is 32.1. The SMILES string of the molecule is COc1cc(NC(=O)N(C)Cc2cnc(C)s2)ccc1NC(C)=O. The first-order valence-electron chi connectivity index (χ1n) is 7.28. The van der Waals surface area contributed by atoms with Gasteiger partial charge in [0, 0.05) is 36.8 Å². The van der Waals surface area contributed by atoms with Gasteiger partial charge in [-0.15, -0.1) is 11.3 Å². The molecule has 3 amide bonds. The van der Waals surface area contributed by atoms with E-state index in [2.05, 4.69) is 15.6 Å². The Hall–Kier alpha value is -2.61. The van der Waals surface area contributed by atoms with Crippen LogP contribution in [0.2, 0.25) is 0 Å². The zero-order valence-electron chi connectivity index (χ0n) is 14.0. The minimum Gasteiger partial charge on any atom is -0.494 e. The number of benzene rings is 1. The second-order valence-corrected chi connectivity index (χ2v) is 6.55. The molecule has 2 N–H and O–H groups in total. The van der Waals surface area contributed by atoms with Gasteiger partial charge in [-0.2, -0.15) is 0 Å². The molecule has 0 aliphatic carbocycles. The lowest BCUT2D eigenvalue weighted by Gasteiger charge is -2.18. The molecule has 0 spiro atoms. The third-order valence-electron chi connectivity index (χ3n) is 3.17. The van der Waals surface area contributed by atoms with E-state index in [0.717, 1.165) is 9.88 Å². The Kier molecular flexibility index (Phi) is 5.75. The first-order valence-corrected chi connectivity index (χ1v) is 8.09. The van der Waals surface area contributed by atoms with Crippen molar-refractivity contribution in [3.05, 3.63) is 34.3 Å². The number of hydrogen-bond donors (Lipinski definition) is 2. The number of aryl methyl sites for hydroxylation is 1. The van der Waals surface area contributed by atoms with Gasteiger partial charge in [0.2, 0.25) is 5.91 Å². The predicted molar refractivity (Wildman–Crippen MR) is 94.6 cm³/mol. The van der Waals surface area contributed by atoms with Crippen LogP contribution in [-0.4, -0.2) is 36.0 Å². The Morgan fingerprint density at radius 2 is 2.08 bits per heavy atom. The number of ether oxygens (including phenoxy) is 1. The molecule has 0 saturated carbocycles. The third-order valence-corrected chi connectivity index (χ3v) is 4.07. The Labute approximate surface area is 144 Å². The van der Waals surface area contributed by atoms with E-state index in [-0.39, 0.29) is 11.9 Å². The van der Waals surface area contributed by atoms with Crippen molar-refractivity contribution in [2.45, 2.75) is 20.4 Å². The summed E-state index contributed by atoms with van der Waals surface area (Å²) in [5.74, 6) is 0.286. The summed E-state index contributed by atoms with van der Waals surface area (Å²) in [5, 5.41) is 6.44. The highest BCUT2D eigenvalue weighted by molar-refractivity contribution is 7.11. The van der Waals surface area contributed by atoms with Crippen molar-refractivity contribution in [3.8, 4) is 5.75 Å². The molecular formula is C16H20N4O3S. The number of rotatable bonds is 5. The molecule has 1 heterocycles. The van der Waals surface area contributed by atoms with Gasteiger partial charge in [0.1, 0.15) is 5.75 Å². The molecule has 2 aromatic rings. The fraction of sp³-hybridized carbons (Fsp3) is 0.312. The summed E-state index contributed by atoms with van der Waals surface area (Å²) < 4.78 is 5.24. The maximum Gasteiger partial charge on any atom is 0.321 e. The van der Waals surface area contributed by atoms with Gasteiger partial charge >= 0.3 is 6.03 Å². The van der Waals surface area contributed by atoms with Gasteiger partial charge in [0.05, 0.1) is 24.3 Å². The van der Waals surface area contributed by atoms with E-state index in [4.69, 9.17) is 4.74 Å². The Bertz CT molecular complexity index is 745. The van der Waals surface area contributed by atoms with Crippen LogP contribution in [0.4, 0.5) is 16.2 Å². The van der Waals surface area contributed by atoms with Crippen molar-refractivity contribution in [2.75, 3.05) is 24.8 Å². The molecule has 128 valence electrons. The minimum absolute atomic E-state index is 0.190. The molecule has 1 aromatic carbocycles. The standard InChI is InChI=1S/C16H20N4O3S/c1-10(21)18-14-6-5-12(7-15(14)23-4)19-16(22)20(3)9-13-8-17-11(2)24-13/h5-8H,9H2,1-4H3,(H,18,21)(H,19,22). The van der Waals surface area contributed by atoms with Gasteiger partial charge in [-0.1, -0.05) is 0 Å². The smallest absolute Gasteiger partial charge is 0.321 e. The van der Waals surface area contributed by atoms with E-state index in [9.17, 15) is 9.59 Å². The number of carbonyl (C=O) groups excluding carboxylic acids is 2. The number of amides is 3. The number of nitrogens with zero attached hydrogens (tertiary/aromatic N) is 2. The second-order valence-electron chi connectivity index (χ2n) is 5.23. The van der Waals surface area contributed by atoms with Crippen molar-refractivity contribution in [1.29, 1.82) is 0 Å². The fourth-order valence-electron chi connectivity index (χ4n) is 2.06. The lowest BCUT2D eigenvalue weighted by Crippen LogP contribution is -2.30. The zero-order chi connectivity index (χ0) is 17.7. The first kappa shape index (κ1) is 17.7. The molecular weight excluding hydrogens is 328 g/mol. The van der Waals surface area contributed by atoms with Crippen LogP contribution in [0, 0.1) is 6.92 Å². The topological polar surface area (TPSA) is 83.6 Å². The summed E-state index contributed by atoms with van der Waals surface area (Å²) >= 11 is 1.56. The number of thiazole rings is 1. The largest absolute Gasteiger partial charge is 0.494 e. The van der Waals surface area contributed by atoms with Crippen LogP contribution in [0.15, 0.2) is 24.4 Å². The molecule has 7 nitrogen and oxygen atoms in total. The maximum absolute atomic E-state index is 12.3. The highest BCUT2D eigenvalue weighted by Gasteiger charge is 2.12. The van der Waals surface area contributed by atoms with Crippen molar-refractivity contribution >= 4 is 34.6 Å².